The Morgan fingerprint density at radius 2 is 1.60 bits per heavy atom. The summed E-state index contributed by atoms with van der Waals surface area (Å²) in [6.45, 7) is 0.205. The molecule has 0 bridgehead atoms. The molecule has 128 valence electrons. The Bertz CT molecular complexity index is 928. The van der Waals surface area contributed by atoms with Gasteiger partial charge in [-0.05, 0) is 55.0 Å². The summed E-state index contributed by atoms with van der Waals surface area (Å²) >= 11 is 0. The number of carbonyl (C=O) groups excluding carboxylic acids is 1. The summed E-state index contributed by atoms with van der Waals surface area (Å²) in [4.78, 5) is 23.8. The minimum Gasteiger partial charge on any atom is -0.388 e. The van der Waals surface area contributed by atoms with E-state index in [0.717, 1.165) is 4.68 Å². The van der Waals surface area contributed by atoms with Crippen molar-refractivity contribution in [3.63, 3.8) is 0 Å². The first kappa shape index (κ1) is 16.8. The Morgan fingerprint density at radius 1 is 1.00 bits per heavy atom. The first-order valence-electron chi connectivity index (χ1n) is 7.65. The summed E-state index contributed by atoms with van der Waals surface area (Å²) in [6.07, 6.45) is 0.572. The van der Waals surface area contributed by atoms with E-state index in [-0.39, 0.29) is 24.6 Å². The molecule has 0 saturated carbocycles. The Balaban J connectivity index is 1.62. The fourth-order valence-corrected chi connectivity index (χ4v) is 2.33. The smallest absolute Gasteiger partial charge is 0.388 e. The maximum absolute atomic E-state index is 12.9. The van der Waals surface area contributed by atoms with E-state index in [9.17, 15) is 18.4 Å². The number of halogens is 2. The molecule has 0 aliphatic rings. The summed E-state index contributed by atoms with van der Waals surface area (Å²) in [5, 5.41) is 4.05. The summed E-state index contributed by atoms with van der Waals surface area (Å²) in [7, 11) is 0. The van der Waals surface area contributed by atoms with Crippen LogP contribution in [0.1, 0.15) is 23.2 Å². The molecule has 0 amide bonds. The zero-order valence-corrected chi connectivity index (χ0v) is 13.1. The lowest BCUT2D eigenvalue weighted by atomic mass is 10.1. The Kier molecular flexibility index (Phi) is 4.83. The van der Waals surface area contributed by atoms with Gasteiger partial charge in [-0.25, -0.2) is 13.6 Å². The van der Waals surface area contributed by atoms with Crippen molar-refractivity contribution in [3.05, 3.63) is 76.3 Å². The van der Waals surface area contributed by atoms with Crippen LogP contribution in [0.2, 0.25) is 0 Å². The molecule has 7 heteroatoms. The highest BCUT2D eigenvalue weighted by Crippen LogP contribution is 2.16. The van der Waals surface area contributed by atoms with Crippen molar-refractivity contribution >= 4 is 5.78 Å². The molecule has 0 radical (unpaired) electrons. The highest BCUT2D eigenvalue weighted by Gasteiger charge is 2.11. The van der Waals surface area contributed by atoms with Gasteiger partial charge in [0.15, 0.2) is 5.78 Å². The number of nitrogens with zero attached hydrogens (tertiary/aromatic N) is 2. The predicted octanol–water partition coefficient (Wildman–Crippen LogP) is 3.44. The van der Waals surface area contributed by atoms with Crippen molar-refractivity contribution in [2.24, 2.45) is 0 Å². The first-order valence-corrected chi connectivity index (χ1v) is 7.65. The van der Waals surface area contributed by atoms with Crippen LogP contribution in [0.5, 0.6) is 0 Å². The zero-order chi connectivity index (χ0) is 17.8. The van der Waals surface area contributed by atoms with E-state index in [1.54, 1.807) is 0 Å². The number of carbonyl (C=O) groups is 1. The van der Waals surface area contributed by atoms with Gasteiger partial charge in [-0.15, -0.1) is 5.10 Å². The molecule has 0 spiro atoms. The van der Waals surface area contributed by atoms with Crippen molar-refractivity contribution < 1.29 is 18.0 Å². The molecule has 5 nitrogen and oxygen atoms in total. The second-order valence-corrected chi connectivity index (χ2v) is 5.44. The largest absolute Gasteiger partial charge is 0.437 e. The van der Waals surface area contributed by atoms with Crippen molar-refractivity contribution in [2.45, 2.75) is 19.4 Å². The predicted molar refractivity (Wildman–Crippen MR) is 86.1 cm³/mol. The van der Waals surface area contributed by atoms with E-state index >= 15 is 0 Å². The van der Waals surface area contributed by atoms with E-state index in [0.29, 0.717) is 17.5 Å². The van der Waals surface area contributed by atoms with Crippen LogP contribution < -0.4 is 5.76 Å². The number of rotatable bonds is 6. The number of aromatic nitrogens is 2. The van der Waals surface area contributed by atoms with Crippen LogP contribution in [0, 0.1) is 11.6 Å². The topological polar surface area (TPSA) is 65.1 Å². The average Bonchev–Trinajstić information content (AvgIpc) is 2.97. The van der Waals surface area contributed by atoms with Gasteiger partial charge in [-0.3, -0.25) is 4.79 Å². The van der Waals surface area contributed by atoms with Crippen LogP contribution in [0.4, 0.5) is 8.78 Å². The van der Waals surface area contributed by atoms with E-state index in [4.69, 9.17) is 4.42 Å². The molecule has 0 saturated heterocycles. The SMILES string of the molecule is O=C(CCCn1nc(-c2ccc(F)cc2)oc1=O)c1ccc(F)cc1. The first-order chi connectivity index (χ1) is 12.0. The third-order valence-corrected chi connectivity index (χ3v) is 3.64. The molecule has 2 aromatic carbocycles. The van der Waals surface area contributed by atoms with Gasteiger partial charge in [-0.1, -0.05) is 0 Å². The van der Waals surface area contributed by atoms with Crippen molar-refractivity contribution in [1.82, 2.24) is 9.78 Å². The second-order valence-electron chi connectivity index (χ2n) is 5.44. The quantitative estimate of drug-likeness (QED) is 0.643. The van der Waals surface area contributed by atoms with E-state index in [2.05, 4.69) is 5.10 Å². The summed E-state index contributed by atoms with van der Waals surface area (Å²) in [5.41, 5.74) is 0.903. The molecule has 0 atom stereocenters. The number of benzene rings is 2. The fourth-order valence-electron chi connectivity index (χ4n) is 2.33. The number of Topliss-reactive ketones (excluding diaryl/α,β-unsaturated/α-hetero) is 1. The van der Waals surface area contributed by atoms with Gasteiger partial charge in [-0.2, -0.15) is 4.68 Å². The van der Waals surface area contributed by atoms with E-state index in [1.807, 2.05) is 0 Å². The summed E-state index contributed by atoms with van der Waals surface area (Å²) in [6, 6.07) is 10.7. The minimum atomic E-state index is -0.645. The molecule has 0 unspecified atom stereocenters. The Labute approximate surface area is 141 Å². The van der Waals surface area contributed by atoms with Crippen LogP contribution in [0.15, 0.2) is 57.7 Å². The van der Waals surface area contributed by atoms with Crippen molar-refractivity contribution in [1.29, 1.82) is 0 Å². The molecule has 0 aliphatic heterocycles. The maximum atomic E-state index is 12.9. The maximum Gasteiger partial charge on any atom is 0.437 e. The molecular formula is C18H14F2N2O3. The number of hydrogen-bond acceptors (Lipinski definition) is 4. The number of hydrogen-bond donors (Lipinski definition) is 0. The van der Waals surface area contributed by atoms with Gasteiger partial charge in [0.05, 0.1) is 0 Å². The van der Waals surface area contributed by atoms with Gasteiger partial charge in [0.25, 0.3) is 0 Å². The lowest BCUT2D eigenvalue weighted by molar-refractivity contribution is 0.0978. The zero-order valence-electron chi connectivity index (χ0n) is 13.1. The van der Waals surface area contributed by atoms with Gasteiger partial charge in [0.2, 0.25) is 5.89 Å². The highest BCUT2D eigenvalue weighted by molar-refractivity contribution is 5.95. The summed E-state index contributed by atoms with van der Waals surface area (Å²) < 4.78 is 31.9. The van der Waals surface area contributed by atoms with Crippen LogP contribution in [0.25, 0.3) is 11.5 Å². The van der Waals surface area contributed by atoms with Crippen LogP contribution in [0.3, 0.4) is 0 Å². The third-order valence-electron chi connectivity index (χ3n) is 3.64. The molecule has 25 heavy (non-hydrogen) atoms. The lowest BCUT2D eigenvalue weighted by Gasteiger charge is -2.01. The Hall–Kier alpha value is -3.09. The van der Waals surface area contributed by atoms with Gasteiger partial charge in [0.1, 0.15) is 11.6 Å². The average molecular weight is 344 g/mol. The van der Waals surface area contributed by atoms with Crippen LogP contribution >= 0.6 is 0 Å². The molecule has 3 aromatic rings. The molecule has 3 rings (SSSR count). The Morgan fingerprint density at radius 3 is 2.24 bits per heavy atom. The third kappa shape index (κ3) is 4.06. The van der Waals surface area contributed by atoms with E-state index < -0.39 is 17.4 Å². The van der Waals surface area contributed by atoms with Crippen LogP contribution in [-0.4, -0.2) is 15.6 Å². The fraction of sp³-hybridized carbons (Fsp3) is 0.167. The normalized spacial score (nSPS) is 10.8. The van der Waals surface area contributed by atoms with Gasteiger partial charge < -0.3 is 4.42 Å². The number of aryl methyl sites for hydroxylation is 1. The second kappa shape index (κ2) is 7.21. The molecular weight excluding hydrogens is 330 g/mol. The standard InChI is InChI=1S/C18H14F2N2O3/c19-14-7-3-12(4-8-14)16(23)2-1-11-22-18(24)25-17(21-22)13-5-9-15(20)10-6-13/h3-10H,1-2,11H2. The molecule has 0 aliphatic carbocycles. The highest BCUT2D eigenvalue weighted by atomic mass is 19.1. The molecule has 0 N–H and O–H groups in total. The van der Waals surface area contributed by atoms with E-state index in [1.165, 1.54) is 48.5 Å². The minimum absolute atomic E-state index is 0.0925. The van der Waals surface area contributed by atoms with Crippen molar-refractivity contribution in [2.75, 3.05) is 0 Å². The van der Waals surface area contributed by atoms with Gasteiger partial charge >= 0.3 is 5.76 Å². The molecule has 0 fully saturated rings. The molecule has 1 aromatic heterocycles. The summed E-state index contributed by atoms with van der Waals surface area (Å²) in [5.74, 6) is -1.50. The van der Waals surface area contributed by atoms with Crippen molar-refractivity contribution in [3.8, 4) is 11.5 Å². The van der Waals surface area contributed by atoms with Crippen LogP contribution in [-0.2, 0) is 6.54 Å². The van der Waals surface area contributed by atoms with Gasteiger partial charge in [0, 0.05) is 24.1 Å². The number of ketones is 1. The monoisotopic (exact) mass is 344 g/mol. The lowest BCUT2D eigenvalue weighted by Crippen LogP contribution is -2.16. The molecule has 1 heterocycles.